The van der Waals surface area contributed by atoms with Crippen molar-refractivity contribution >= 4 is 5.71 Å². The van der Waals surface area contributed by atoms with Crippen LogP contribution in [0.3, 0.4) is 0 Å². The van der Waals surface area contributed by atoms with E-state index in [0.717, 1.165) is 36.3 Å². The Morgan fingerprint density at radius 1 is 1.39 bits per heavy atom. The fourth-order valence-corrected chi connectivity index (χ4v) is 3.23. The Kier molecular flexibility index (Phi) is 11.3. The number of alkyl halides is 3. The van der Waals surface area contributed by atoms with Crippen molar-refractivity contribution in [3.63, 3.8) is 0 Å². The molecule has 0 amide bonds. The number of oxime groups is 1. The Labute approximate surface area is 184 Å². The van der Waals surface area contributed by atoms with Crippen molar-refractivity contribution in [1.82, 2.24) is 5.32 Å². The van der Waals surface area contributed by atoms with Crippen LogP contribution in [0, 0.1) is 5.92 Å². The van der Waals surface area contributed by atoms with Gasteiger partial charge in [0.15, 0.2) is 0 Å². The molecule has 1 heterocycles. The highest BCUT2D eigenvalue weighted by Crippen LogP contribution is 2.26. The molecule has 6 heteroatoms. The van der Waals surface area contributed by atoms with Crippen molar-refractivity contribution in [2.75, 3.05) is 7.05 Å². The van der Waals surface area contributed by atoms with E-state index in [2.05, 4.69) is 42.7 Å². The van der Waals surface area contributed by atoms with E-state index in [1.54, 1.807) is 6.08 Å². The van der Waals surface area contributed by atoms with E-state index in [4.69, 9.17) is 4.84 Å². The molecule has 0 spiro atoms. The van der Waals surface area contributed by atoms with Gasteiger partial charge in [-0.2, -0.15) is 13.2 Å². The zero-order chi connectivity index (χ0) is 23.4. The van der Waals surface area contributed by atoms with Crippen LogP contribution < -0.4 is 5.32 Å². The second-order valence-corrected chi connectivity index (χ2v) is 7.81. The monoisotopic (exact) mass is 436 g/mol. The predicted molar refractivity (Wildman–Crippen MR) is 124 cm³/mol. The first-order valence-electron chi connectivity index (χ1n) is 10.6. The predicted octanol–water partition coefficient (Wildman–Crippen LogP) is 6.84. The lowest BCUT2D eigenvalue weighted by atomic mass is 9.94. The van der Waals surface area contributed by atoms with Crippen molar-refractivity contribution < 1.29 is 18.0 Å². The van der Waals surface area contributed by atoms with Crippen LogP contribution in [0.15, 0.2) is 77.6 Å². The van der Waals surface area contributed by atoms with Crippen molar-refractivity contribution in [2.24, 2.45) is 11.1 Å². The van der Waals surface area contributed by atoms with Gasteiger partial charge in [0.25, 0.3) is 0 Å². The van der Waals surface area contributed by atoms with E-state index in [0.29, 0.717) is 24.8 Å². The van der Waals surface area contributed by atoms with Crippen LogP contribution in [0.25, 0.3) is 0 Å². The first kappa shape index (κ1) is 26.7. The van der Waals surface area contributed by atoms with Gasteiger partial charge in [0, 0.05) is 18.9 Å². The first-order chi connectivity index (χ1) is 14.6. The van der Waals surface area contributed by atoms with Crippen molar-refractivity contribution in [1.29, 1.82) is 0 Å². The van der Waals surface area contributed by atoms with E-state index in [-0.39, 0.29) is 6.10 Å². The van der Waals surface area contributed by atoms with Crippen LogP contribution >= 0.6 is 0 Å². The molecule has 0 saturated carbocycles. The SMILES string of the molecule is C=C/C(=C\C=C/CC1CC(C(/C=C\C(C)C(CCC(=C)C)NC)=C/C)=NO1)C(F)(F)F. The lowest BCUT2D eigenvalue weighted by Gasteiger charge is -2.21. The smallest absolute Gasteiger partial charge is 0.392 e. The summed E-state index contributed by atoms with van der Waals surface area (Å²) < 4.78 is 38.0. The van der Waals surface area contributed by atoms with E-state index >= 15 is 0 Å². The molecule has 0 bridgehead atoms. The molecule has 0 radical (unpaired) electrons. The van der Waals surface area contributed by atoms with Gasteiger partial charge in [-0.15, -0.1) is 6.58 Å². The first-order valence-corrected chi connectivity index (χ1v) is 10.6. The number of hydrogen-bond donors (Lipinski definition) is 1. The number of halogens is 3. The number of hydrogen-bond acceptors (Lipinski definition) is 3. The highest BCUT2D eigenvalue weighted by Gasteiger charge is 2.30. The fraction of sp³-hybridized carbons (Fsp3) is 0.480. The van der Waals surface area contributed by atoms with Gasteiger partial charge in [-0.3, -0.25) is 0 Å². The molecule has 3 nitrogen and oxygen atoms in total. The van der Waals surface area contributed by atoms with Crippen LogP contribution in [0.4, 0.5) is 13.2 Å². The third kappa shape index (κ3) is 9.55. The molecule has 1 rings (SSSR count). The van der Waals surface area contributed by atoms with Gasteiger partial charge in [0.2, 0.25) is 0 Å². The molecule has 172 valence electrons. The van der Waals surface area contributed by atoms with E-state index < -0.39 is 11.7 Å². The van der Waals surface area contributed by atoms with Crippen molar-refractivity contribution in [2.45, 2.75) is 64.8 Å². The zero-order valence-electron chi connectivity index (χ0n) is 19.0. The summed E-state index contributed by atoms with van der Waals surface area (Å²) >= 11 is 0. The number of rotatable bonds is 12. The average Bonchev–Trinajstić information content (AvgIpc) is 3.16. The molecule has 0 aromatic heterocycles. The van der Waals surface area contributed by atoms with Crippen LogP contribution in [-0.2, 0) is 4.84 Å². The number of allylic oxidation sites excluding steroid dienone is 8. The lowest BCUT2D eigenvalue weighted by Crippen LogP contribution is -2.31. The minimum Gasteiger partial charge on any atom is -0.392 e. The Hall–Kier alpha value is -2.34. The second kappa shape index (κ2) is 13.2. The maximum atomic E-state index is 12.7. The molecule has 1 N–H and O–H groups in total. The maximum absolute atomic E-state index is 12.7. The molecule has 0 aromatic rings. The molecule has 1 aliphatic heterocycles. The third-order valence-corrected chi connectivity index (χ3v) is 5.20. The Morgan fingerprint density at radius 2 is 2.10 bits per heavy atom. The van der Waals surface area contributed by atoms with Crippen LogP contribution in [0.2, 0.25) is 0 Å². The molecule has 0 aromatic carbocycles. The molecule has 1 aliphatic rings. The summed E-state index contributed by atoms with van der Waals surface area (Å²) in [6, 6.07) is 0.357. The summed E-state index contributed by atoms with van der Waals surface area (Å²) in [5.41, 5.74) is 2.26. The fourth-order valence-electron chi connectivity index (χ4n) is 3.23. The minimum absolute atomic E-state index is 0.181. The van der Waals surface area contributed by atoms with Gasteiger partial charge in [-0.1, -0.05) is 66.8 Å². The topological polar surface area (TPSA) is 33.6 Å². The summed E-state index contributed by atoms with van der Waals surface area (Å²) in [5, 5.41) is 7.55. The minimum atomic E-state index is -4.40. The van der Waals surface area contributed by atoms with E-state index in [1.165, 1.54) is 11.6 Å². The molecule has 3 atom stereocenters. The number of nitrogens with zero attached hydrogens (tertiary/aromatic N) is 1. The van der Waals surface area contributed by atoms with Gasteiger partial charge in [-0.05, 0) is 45.2 Å². The van der Waals surface area contributed by atoms with Crippen LogP contribution in [-0.4, -0.2) is 31.1 Å². The second-order valence-electron chi connectivity index (χ2n) is 7.81. The number of nitrogens with one attached hydrogen (secondary N) is 1. The quantitative estimate of drug-likeness (QED) is 0.269. The summed E-state index contributed by atoms with van der Waals surface area (Å²) in [7, 11) is 1.97. The van der Waals surface area contributed by atoms with Crippen molar-refractivity contribution in [3.8, 4) is 0 Å². The maximum Gasteiger partial charge on any atom is 0.416 e. The van der Waals surface area contributed by atoms with Gasteiger partial charge in [0.05, 0.1) is 11.3 Å². The van der Waals surface area contributed by atoms with Crippen molar-refractivity contribution in [3.05, 3.63) is 72.4 Å². The van der Waals surface area contributed by atoms with Gasteiger partial charge in [0.1, 0.15) is 6.10 Å². The molecular formula is C25H35F3N2O. The summed E-state index contributed by atoms with van der Waals surface area (Å²) in [6.45, 7) is 13.3. The highest BCUT2D eigenvalue weighted by atomic mass is 19.4. The Morgan fingerprint density at radius 3 is 2.65 bits per heavy atom. The van der Waals surface area contributed by atoms with Gasteiger partial charge < -0.3 is 10.2 Å². The van der Waals surface area contributed by atoms with Gasteiger partial charge in [-0.25, -0.2) is 0 Å². The molecule has 31 heavy (non-hydrogen) atoms. The lowest BCUT2D eigenvalue weighted by molar-refractivity contribution is -0.0881. The average molecular weight is 437 g/mol. The largest absolute Gasteiger partial charge is 0.416 e. The van der Waals surface area contributed by atoms with Crippen LogP contribution in [0.1, 0.15) is 46.5 Å². The van der Waals surface area contributed by atoms with E-state index in [1.807, 2.05) is 27.0 Å². The Bertz CT molecular complexity index is 757. The molecule has 3 unspecified atom stereocenters. The summed E-state index contributed by atoms with van der Waals surface area (Å²) in [4.78, 5) is 5.47. The Balaban J connectivity index is 2.62. The normalized spacial score (nSPS) is 20.1. The molecule has 0 fully saturated rings. The molecule has 0 saturated heterocycles. The van der Waals surface area contributed by atoms with Crippen LogP contribution in [0.5, 0.6) is 0 Å². The summed E-state index contributed by atoms with van der Waals surface area (Å²) in [6.07, 6.45) is 9.62. The molecular weight excluding hydrogens is 401 g/mol. The third-order valence-electron chi connectivity index (χ3n) is 5.20. The molecule has 0 aliphatic carbocycles. The van der Waals surface area contributed by atoms with E-state index in [9.17, 15) is 13.2 Å². The zero-order valence-corrected chi connectivity index (χ0v) is 19.0. The standard InChI is InChI=1S/C25H35F3N2O/c1-7-20(15-14-19(5)23(29-6)16-13-18(3)4)24-17-22(31-30-24)12-10-9-11-21(8-2)25(26,27)28/h7-11,14-15,19,22-23,29H,2-3,12-13,16-17H2,1,4-6H3/b10-9-,15-14-,20-7+,21-11+. The van der Waals surface area contributed by atoms with Gasteiger partial charge >= 0.3 is 6.18 Å². The highest BCUT2D eigenvalue weighted by molar-refractivity contribution is 6.03. The summed E-state index contributed by atoms with van der Waals surface area (Å²) in [5.74, 6) is 0.334.